The summed E-state index contributed by atoms with van der Waals surface area (Å²) >= 11 is 0. The van der Waals surface area contributed by atoms with E-state index in [1.54, 1.807) is 0 Å². The van der Waals surface area contributed by atoms with Crippen LogP contribution in [0.15, 0.2) is 213 Å². The molecule has 0 radical (unpaired) electrons. The van der Waals surface area contributed by atoms with Crippen molar-refractivity contribution in [3.05, 3.63) is 200 Å². The highest BCUT2D eigenvalue weighted by Crippen LogP contribution is 2.48. The zero-order chi connectivity index (χ0) is 38.2. The first-order chi connectivity index (χ1) is 28.8. The second-order valence-electron chi connectivity index (χ2n) is 14.8. The van der Waals surface area contributed by atoms with E-state index in [1.807, 2.05) is 36.4 Å². The van der Waals surface area contributed by atoms with Gasteiger partial charge in [0.05, 0.1) is 0 Å². The van der Waals surface area contributed by atoms with Crippen molar-refractivity contribution >= 4 is 82.9 Å². The maximum atomic E-state index is 6.94. The van der Waals surface area contributed by atoms with E-state index in [0.717, 1.165) is 116 Å². The summed E-state index contributed by atoms with van der Waals surface area (Å²) in [5, 5.41) is 6.45. The Balaban J connectivity index is 1.03. The summed E-state index contributed by atoms with van der Waals surface area (Å²) in [4.78, 5) is 2.28. The largest absolute Gasteiger partial charge is 0.456 e. The van der Waals surface area contributed by atoms with Gasteiger partial charge in [-0.15, -0.1) is 0 Å². The van der Waals surface area contributed by atoms with Gasteiger partial charge in [-0.25, -0.2) is 0 Å². The van der Waals surface area contributed by atoms with Gasteiger partial charge in [-0.2, -0.15) is 0 Å². The Morgan fingerprint density at radius 1 is 0.276 bits per heavy atom. The number of benzene rings is 9. The lowest BCUT2D eigenvalue weighted by atomic mass is 9.90. The average molecular weight is 744 g/mol. The molecular formula is C54H33NO3. The Labute approximate surface area is 333 Å². The minimum atomic E-state index is 0.825. The fraction of sp³-hybridized carbons (Fsp3) is 0. The zero-order valence-corrected chi connectivity index (χ0v) is 31.2. The van der Waals surface area contributed by atoms with Gasteiger partial charge in [-0.3, -0.25) is 0 Å². The molecule has 3 aromatic heterocycles. The van der Waals surface area contributed by atoms with Crippen molar-refractivity contribution in [3.63, 3.8) is 0 Å². The highest BCUT2D eigenvalue weighted by molar-refractivity contribution is 6.27. The highest BCUT2D eigenvalue weighted by atomic mass is 16.3. The van der Waals surface area contributed by atoms with E-state index in [2.05, 4.69) is 169 Å². The van der Waals surface area contributed by atoms with E-state index in [-0.39, 0.29) is 0 Å². The summed E-state index contributed by atoms with van der Waals surface area (Å²) in [5.41, 5.74) is 14.8. The van der Waals surface area contributed by atoms with Crippen LogP contribution in [0.2, 0.25) is 0 Å². The molecular weight excluding hydrogens is 711 g/mol. The molecule has 0 saturated carbocycles. The van der Waals surface area contributed by atoms with Crippen LogP contribution in [-0.2, 0) is 0 Å². The summed E-state index contributed by atoms with van der Waals surface area (Å²) in [6, 6.07) is 70.1. The van der Waals surface area contributed by atoms with Crippen LogP contribution < -0.4 is 4.90 Å². The Morgan fingerprint density at radius 2 is 0.793 bits per heavy atom. The number of nitrogens with zero attached hydrogens (tertiary/aromatic N) is 1. The maximum Gasteiger partial charge on any atom is 0.143 e. The van der Waals surface area contributed by atoms with E-state index < -0.39 is 0 Å². The van der Waals surface area contributed by atoms with Gasteiger partial charge in [0.15, 0.2) is 0 Å². The van der Waals surface area contributed by atoms with Crippen molar-refractivity contribution in [3.8, 4) is 33.4 Å². The third-order valence-electron chi connectivity index (χ3n) is 11.5. The molecule has 3 heterocycles. The van der Waals surface area contributed by atoms with Crippen LogP contribution in [0.1, 0.15) is 0 Å². The summed E-state index contributed by atoms with van der Waals surface area (Å²) in [6.07, 6.45) is 0. The monoisotopic (exact) mass is 743 g/mol. The van der Waals surface area contributed by atoms with Gasteiger partial charge < -0.3 is 18.2 Å². The molecule has 0 N–H and O–H groups in total. The molecule has 12 aromatic rings. The van der Waals surface area contributed by atoms with Crippen molar-refractivity contribution in [1.82, 2.24) is 0 Å². The van der Waals surface area contributed by atoms with Crippen LogP contribution in [0.25, 0.3) is 99.2 Å². The molecule has 4 nitrogen and oxygen atoms in total. The number of anilines is 3. The minimum absolute atomic E-state index is 0.825. The van der Waals surface area contributed by atoms with Gasteiger partial charge in [0.25, 0.3) is 0 Å². The summed E-state index contributed by atoms with van der Waals surface area (Å²) in [7, 11) is 0. The van der Waals surface area contributed by atoms with E-state index in [4.69, 9.17) is 13.3 Å². The second-order valence-corrected chi connectivity index (χ2v) is 14.8. The van der Waals surface area contributed by atoms with Crippen LogP contribution in [0.4, 0.5) is 17.1 Å². The molecule has 0 unspecified atom stereocenters. The topological polar surface area (TPSA) is 42.7 Å². The van der Waals surface area contributed by atoms with Crippen molar-refractivity contribution in [2.24, 2.45) is 0 Å². The minimum Gasteiger partial charge on any atom is -0.456 e. The first kappa shape index (κ1) is 32.4. The van der Waals surface area contributed by atoms with Crippen LogP contribution in [0.3, 0.4) is 0 Å². The number of fused-ring (bicyclic) bond motifs is 10. The number of para-hydroxylation sites is 5. The second kappa shape index (κ2) is 12.9. The third kappa shape index (κ3) is 5.02. The molecule has 12 rings (SSSR count). The molecule has 0 spiro atoms. The zero-order valence-electron chi connectivity index (χ0n) is 31.2. The van der Waals surface area contributed by atoms with Crippen LogP contribution in [-0.4, -0.2) is 0 Å². The van der Waals surface area contributed by atoms with E-state index in [1.165, 1.54) is 0 Å². The Hall–Kier alpha value is -7.82. The van der Waals surface area contributed by atoms with Crippen molar-refractivity contribution in [2.45, 2.75) is 0 Å². The van der Waals surface area contributed by atoms with E-state index >= 15 is 0 Å². The van der Waals surface area contributed by atoms with Gasteiger partial charge in [0.1, 0.15) is 33.5 Å². The molecule has 272 valence electrons. The normalized spacial score (nSPS) is 11.8. The number of hydrogen-bond donors (Lipinski definition) is 0. The predicted molar refractivity (Wildman–Crippen MR) is 239 cm³/mol. The lowest BCUT2D eigenvalue weighted by molar-refractivity contribution is 0.663. The molecule has 0 aliphatic carbocycles. The Morgan fingerprint density at radius 3 is 1.50 bits per heavy atom. The fourth-order valence-electron chi connectivity index (χ4n) is 8.85. The summed E-state index contributed by atoms with van der Waals surface area (Å²) < 4.78 is 19.9. The van der Waals surface area contributed by atoms with Crippen molar-refractivity contribution < 1.29 is 13.3 Å². The van der Waals surface area contributed by atoms with Crippen LogP contribution >= 0.6 is 0 Å². The molecule has 0 bridgehead atoms. The Bertz CT molecular complexity index is 3440. The first-order valence-electron chi connectivity index (χ1n) is 19.6. The SMILES string of the molecule is c1ccc(N(c2ccccc2)c2ccc(-c3ccc(-c4c(-c5cccc6c5oc5ccccc56)ccc5c4oc4ccc6oc7ccccc7c6c45)cc3)cc2)cc1. The smallest absolute Gasteiger partial charge is 0.143 e. The molecule has 0 aliphatic heterocycles. The molecule has 0 fully saturated rings. The lowest BCUT2D eigenvalue weighted by Crippen LogP contribution is -2.09. The van der Waals surface area contributed by atoms with Crippen LogP contribution in [0, 0.1) is 0 Å². The molecule has 0 aliphatic rings. The van der Waals surface area contributed by atoms with Crippen molar-refractivity contribution in [1.29, 1.82) is 0 Å². The predicted octanol–water partition coefficient (Wildman–Crippen LogP) is 15.9. The van der Waals surface area contributed by atoms with Gasteiger partial charge in [0.2, 0.25) is 0 Å². The summed E-state index contributed by atoms with van der Waals surface area (Å²) in [6.45, 7) is 0. The van der Waals surface area contributed by atoms with Gasteiger partial charge in [-0.1, -0.05) is 133 Å². The molecule has 0 amide bonds. The molecule has 0 saturated heterocycles. The number of furan rings is 3. The molecule has 0 atom stereocenters. The number of rotatable bonds is 6. The Kier molecular flexibility index (Phi) is 7.20. The quantitative estimate of drug-likeness (QED) is 0.170. The fourth-order valence-corrected chi connectivity index (χ4v) is 8.85. The van der Waals surface area contributed by atoms with Crippen LogP contribution in [0.5, 0.6) is 0 Å². The summed E-state index contributed by atoms with van der Waals surface area (Å²) in [5.74, 6) is 0. The van der Waals surface area contributed by atoms with Gasteiger partial charge in [0, 0.05) is 60.5 Å². The lowest BCUT2D eigenvalue weighted by Gasteiger charge is -2.25. The standard InChI is InChI=1S/C54H33NO3/c1-3-12-37(13-4-1)55(38-14-5-2-6-15-38)39-28-26-35(27-29-39)34-22-24-36(25-23-34)50-41(43-19-11-18-42-40-16-7-9-20-46(40)57-53(42)43)30-31-45-52-49(58-54(45)50)33-32-48-51(52)44-17-8-10-21-47(44)56-48/h1-33H. The van der Waals surface area contributed by atoms with E-state index in [0.29, 0.717) is 0 Å². The first-order valence-corrected chi connectivity index (χ1v) is 19.6. The third-order valence-corrected chi connectivity index (χ3v) is 11.5. The van der Waals surface area contributed by atoms with Gasteiger partial charge in [-0.05, 0) is 89.0 Å². The molecule has 58 heavy (non-hydrogen) atoms. The maximum absolute atomic E-state index is 6.94. The molecule has 4 heteroatoms. The van der Waals surface area contributed by atoms with Crippen molar-refractivity contribution in [2.75, 3.05) is 4.90 Å². The highest BCUT2D eigenvalue weighted by Gasteiger charge is 2.23. The molecule has 9 aromatic carbocycles. The number of hydrogen-bond acceptors (Lipinski definition) is 4. The van der Waals surface area contributed by atoms with E-state index in [9.17, 15) is 0 Å². The van der Waals surface area contributed by atoms with Gasteiger partial charge >= 0.3 is 0 Å². The average Bonchev–Trinajstić information content (AvgIpc) is 3.98.